The van der Waals surface area contributed by atoms with Gasteiger partial charge in [-0.2, -0.15) is 0 Å². The van der Waals surface area contributed by atoms with Gasteiger partial charge in [0, 0.05) is 0 Å². The Morgan fingerprint density at radius 3 is 2.43 bits per heavy atom. The van der Waals surface area contributed by atoms with Crippen LogP contribution in [0.3, 0.4) is 0 Å². The molecule has 0 aliphatic heterocycles. The van der Waals surface area contributed by atoms with E-state index in [1.54, 1.807) is 0 Å². The van der Waals surface area contributed by atoms with Crippen LogP contribution in [0.2, 0.25) is 10.0 Å². The van der Waals surface area contributed by atoms with Crippen LogP contribution in [0.25, 0.3) is 0 Å². The topological polar surface area (TPSA) is 80.4 Å². The fourth-order valence-corrected chi connectivity index (χ4v) is 1.46. The Balaban J connectivity index is 3.49. The van der Waals surface area contributed by atoms with Crippen LogP contribution in [0.15, 0.2) is 12.1 Å². The standard InChI is InChI=1S/C7H3Cl2NO4/c8-4-2-1-3(7(11)12)5(9)6(4)10(13)14/h1-2H,(H,11,12). The lowest BCUT2D eigenvalue weighted by molar-refractivity contribution is -0.384. The van der Waals surface area contributed by atoms with Gasteiger partial charge in [-0.25, -0.2) is 4.79 Å². The summed E-state index contributed by atoms with van der Waals surface area (Å²) in [4.78, 5) is 20.2. The van der Waals surface area contributed by atoms with Crippen molar-refractivity contribution in [3.8, 4) is 0 Å². The highest BCUT2D eigenvalue weighted by molar-refractivity contribution is 6.40. The number of carbonyl (C=O) groups is 1. The monoisotopic (exact) mass is 235 g/mol. The quantitative estimate of drug-likeness (QED) is 0.631. The minimum Gasteiger partial charge on any atom is -0.478 e. The third kappa shape index (κ3) is 1.78. The molecule has 0 aromatic heterocycles. The van der Waals surface area contributed by atoms with Crippen molar-refractivity contribution >= 4 is 34.9 Å². The lowest BCUT2D eigenvalue weighted by Crippen LogP contribution is -2.00. The number of carboxylic acid groups (broad SMARTS) is 1. The van der Waals surface area contributed by atoms with E-state index in [4.69, 9.17) is 28.3 Å². The molecule has 0 saturated carbocycles. The van der Waals surface area contributed by atoms with Gasteiger partial charge in [-0.05, 0) is 12.1 Å². The van der Waals surface area contributed by atoms with Crippen molar-refractivity contribution < 1.29 is 14.8 Å². The molecule has 1 N–H and O–H groups in total. The van der Waals surface area contributed by atoms with Gasteiger partial charge in [-0.15, -0.1) is 0 Å². The van der Waals surface area contributed by atoms with Crippen LogP contribution < -0.4 is 0 Å². The van der Waals surface area contributed by atoms with Crippen molar-refractivity contribution in [3.63, 3.8) is 0 Å². The second kappa shape index (κ2) is 3.81. The average molecular weight is 236 g/mol. The summed E-state index contributed by atoms with van der Waals surface area (Å²) < 4.78 is 0. The summed E-state index contributed by atoms with van der Waals surface area (Å²) in [6.45, 7) is 0. The fraction of sp³-hybridized carbons (Fsp3) is 0. The van der Waals surface area contributed by atoms with Crippen LogP contribution in [0.5, 0.6) is 0 Å². The SMILES string of the molecule is O=C(O)c1ccc(Cl)c([N+](=O)[O-])c1Cl. The Bertz CT molecular complexity index is 418. The number of halogens is 2. The van der Waals surface area contributed by atoms with Crippen molar-refractivity contribution in [2.24, 2.45) is 0 Å². The minimum absolute atomic E-state index is 0.190. The van der Waals surface area contributed by atoms with Gasteiger partial charge in [0.05, 0.1) is 10.5 Å². The van der Waals surface area contributed by atoms with Gasteiger partial charge >= 0.3 is 11.7 Å². The van der Waals surface area contributed by atoms with Gasteiger partial charge in [-0.3, -0.25) is 10.1 Å². The number of benzene rings is 1. The molecule has 0 heterocycles. The maximum absolute atomic E-state index is 10.6. The van der Waals surface area contributed by atoms with Gasteiger partial charge in [-0.1, -0.05) is 23.2 Å². The molecule has 0 spiro atoms. The first-order valence-electron chi connectivity index (χ1n) is 3.31. The lowest BCUT2D eigenvalue weighted by Gasteiger charge is -2.00. The molecule has 74 valence electrons. The van der Waals surface area contributed by atoms with Gasteiger partial charge in [0.15, 0.2) is 0 Å². The van der Waals surface area contributed by atoms with E-state index in [2.05, 4.69) is 0 Å². The van der Waals surface area contributed by atoms with Crippen LogP contribution in [0.1, 0.15) is 10.4 Å². The molecule has 0 aliphatic carbocycles. The third-order valence-corrected chi connectivity index (χ3v) is 2.17. The smallest absolute Gasteiger partial charge is 0.337 e. The molecule has 14 heavy (non-hydrogen) atoms. The maximum Gasteiger partial charge on any atom is 0.337 e. The van der Waals surface area contributed by atoms with Crippen molar-refractivity contribution in [1.82, 2.24) is 0 Å². The van der Waals surface area contributed by atoms with E-state index in [0.717, 1.165) is 12.1 Å². The molecule has 7 heteroatoms. The minimum atomic E-state index is -1.34. The number of nitrogens with zero attached hydrogens (tertiary/aromatic N) is 1. The highest BCUT2D eigenvalue weighted by Gasteiger charge is 2.23. The third-order valence-electron chi connectivity index (χ3n) is 1.48. The number of aromatic carboxylic acids is 1. The predicted octanol–water partition coefficient (Wildman–Crippen LogP) is 2.60. The summed E-state index contributed by atoms with van der Waals surface area (Å²) in [5, 5.41) is 18.4. The average Bonchev–Trinajstić information content (AvgIpc) is 2.02. The molecule has 0 aliphatic rings. The van der Waals surface area contributed by atoms with Crippen molar-refractivity contribution in [2.45, 2.75) is 0 Å². The number of carboxylic acids is 1. The van der Waals surface area contributed by atoms with E-state index < -0.39 is 21.6 Å². The molecular weight excluding hydrogens is 233 g/mol. The summed E-state index contributed by atoms with van der Waals surface area (Å²) in [7, 11) is 0. The maximum atomic E-state index is 10.6. The molecule has 0 bridgehead atoms. The predicted molar refractivity (Wildman–Crippen MR) is 50.1 cm³/mol. The van der Waals surface area contributed by atoms with Crippen molar-refractivity contribution in [2.75, 3.05) is 0 Å². The Hall–Kier alpha value is -1.33. The van der Waals surface area contributed by atoms with E-state index in [1.165, 1.54) is 0 Å². The molecular formula is C7H3Cl2NO4. The van der Waals surface area contributed by atoms with Crippen LogP contribution in [0, 0.1) is 10.1 Å². The number of hydrogen-bond donors (Lipinski definition) is 1. The molecule has 0 unspecified atom stereocenters. The van der Waals surface area contributed by atoms with Gasteiger partial charge in [0.2, 0.25) is 0 Å². The Morgan fingerprint density at radius 1 is 1.43 bits per heavy atom. The van der Waals surface area contributed by atoms with Gasteiger partial charge < -0.3 is 5.11 Å². The normalized spacial score (nSPS) is 9.86. The van der Waals surface area contributed by atoms with Gasteiger partial charge in [0.25, 0.3) is 0 Å². The highest BCUT2D eigenvalue weighted by Crippen LogP contribution is 2.34. The first-order valence-corrected chi connectivity index (χ1v) is 4.06. The number of nitro groups is 1. The molecule has 5 nitrogen and oxygen atoms in total. The molecule has 0 amide bonds. The van der Waals surface area contributed by atoms with E-state index in [1.807, 2.05) is 0 Å². The summed E-state index contributed by atoms with van der Waals surface area (Å²) in [5.74, 6) is -1.34. The molecule has 1 rings (SSSR count). The van der Waals surface area contributed by atoms with E-state index >= 15 is 0 Å². The zero-order valence-electron chi connectivity index (χ0n) is 6.53. The molecule has 0 radical (unpaired) electrons. The Labute approximate surface area is 88.0 Å². The highest BCUT2D eigenvalue weighted by atomic mass is 35.5. The Kier molecular flexibility index (Phi) is 2.93. The number of rotatable bonds is 2. The van der Waals surface area contributed by atoms with Crippen LogP contribution in [-0.2, 0) is 0 Å². The first-order chi connectivity index (χ1) is 6.45. The second-order valence-electron chi connectivity index (χ2n) is 2.32. The molecule has 1 aromatic rings. The zero-order valence-corrected chi connectivity index (χ0v) is 8.04. The molecule has 0 fully saturated rings. The van der Waals surface area contributed by atoms with E-state index in [0.29, 0.717) is 0 Å². The van der Waals surface area contributed by atoms with Crippen molar-refractivity contribution in [1.29, 1.82) is 0 Å². The summed E-state index contributed by atoms with van der Waals surface area (Å²) >= 11 is 11.0. The molecule has 0 saturated heterocycles. The number of nitro benzene ring substituents is 1. The first kappa shape index (κ1) is 10.7. The Morgan fingerprint density at radius 2 is 2.00 bits per heavy atom. The zero-order chi connectivity index (χ0) is 10.9. The number of hydrogen-bond acceptors (Lipinski definition) is 3. The fourth-order valence-electron chi connectivity index (χ4n) is 0.874. The molecule has 1 aromatic carbocycles. The van der Waals surface area contributed by atoms with E-state index in [-0.39, 0.29) is 10.6 Å². The summed E-state index contributed by atoms with van der Waals surface area (Å²) in [5.41, 5.74) is -0.934. The van der Waals surface area contributed by atoms with Crippen molar-refractivity contribution in [3.05, 3.63) is 37.9 Å². The van der Waals surface area contributed by atoms with E-state index in [9.17, 15) is 14.9 Å². The van der Waals surface area contributed by atoms with Crippen LogP contribution >= 0.6 is 23.2 Å². The molecule has 0 atom stereocenters. The van der Waals surface area contributed by atoms with Gasteiger partial charge in [0.1, 0.15) is 10.0 Å². The summed E-state index contributed by atoms with van der Waals surface area (Å²) in [6.07, 6.45) is 0. The lowest BCUT2D eigenvalue weighted by atomic mass is 10.2. The second-order valence-corrected chi connectivity index (χ2v) is 3.10. The largest absolute Gasteiger partial charge is 0.478 e. The van der Waals surface area contributed by atoms with Crippen LogP contribution in [0.4, 0.5) is 5.69 Å². The van der Waals surface area contributed by atoms with Crippen LogP contribution in [-0.4, -0.2) is 16.0 Å². The summed E-state index contributed by atoms with van der Waals surface area (Å²) in [6, 6.07) is 2.23.